The molecule has 0 fully saturated rings. The van der Waals surface area contributed by atoms with Gasteiger partial charge in [-0.2, -0.15) is 0 Å². The standard InChI is InChI=1S/C14H18N2O2S2/c1-14(2,3)13-16-11(10-19-13)9-15-20(17,18)12-7-5-4-6-8-12/h4-8,10,15H,9H2,1-3H3. The minimum Gasteiger partial charge on any atom is -0.244 e. The fourth-order valence-electron chi connectivity index (χ4n) is 1.58. The first-order valence-corrected chi connectivity index (χ1v) is 8.65. The Kier molecular flexibility index (Phi) is 4.27. The second-order valence-electron chi connectivity index (χ2n) is 5.53. The fraction of sp³-hybridized carbons (Fsp3) is 0.357. The SMILES string of the molecule is CC(C)(C)c1nc(CNS(=O)(=O)c2ccccc2)cs1. The van der Waals surface area contributed by atoms with Crippen molar-refractivity contribution in [3.63, 3.8) is 0 Å². The molecule has 0 radical (unpaired) electrons. The fourth-order valence-corrected chi connectivity index (χ4v) is 3.51. The van der Waals surface area contributed by atoms with Gasteiger partial charge in [0.2, 0.25) is 10.0 Å². The summed E-state index contributed by atoms with van der Waals surface area (Å²) >= 11 is 1.56. The van der Waals surface area contributed by atoms with Crippen molar-refractivity contribution in [3.8, 4) is 0 Å². The Labute approximate surface area is 123 Å². The highest BCUT2D eigenvalue weighted by Crippen LogP contribution is 2.25. The van der Waals surface area contributed by atoms with Crippen molar-refractivity contribution in [3.05, 3.63) is 46.4 Å². The molecule has 6 heteroatoms. The number of aromatic nitrogens is 1. The molecule has 0 atom stereocenters. The molecule has 0 unspecified atom stereocenters. The maximum Gasteiger partial charge on any atom is 0.240 e. The lowest BCUT2D eigenvalue weighted by molar-refractivity contribution is 0.575. The lowest BCUT2D eigenvalue weighted by Gasteiger charge is -2.13. The molecular weight excluding hydrogens is 292 g/mol. The number of benzene rings is 1. The Morgan fingerprint density at radius 2 is 1.85 bits per heavy atom. The van der Waals surface area contributed by atoms with E-state index in [9.17, 15) is 8.42 Å². The molecule has 2 aromatic rings. The van der Waals surface area contributed by atoms with Gasteiger partial charge in [-0.3, -0.25) is 0 Å². The molecule has 0 bridgehead atoms. The third kappa shape index (κ3) is 3.65. The molecule has 108 valence electrons. The van der Waals surface area contributed by atoms with Crippen molar-refractivity contribution in [1.29, 1.82) is 0 Å². The van der Waals surface area contributed by atoms with Gasteiger partial charge >= 0.3 is 0 Å². The first-order chi connectivity index (χ1) is 9.29. The van der Waals surface area contributed by atoms with Gasteiger partial charge in [0.25, 0.3) is 0 Å². The molecule has 0 aliphatic carbocycles. The molecule has 4 nitrogen and oxygen atoms in total. The molecule has 20 heavy (non-hydrogen) atoms. The van der Waals surface area contributed by atoms with E-state index in [2.05, 4.69) is 30.5 Å². The van der Waals surface area contributed by atoms with Crippen LogP contribution in [0.5, 0.6) is 0 Å². The smallest absolute Gasteiger partial charge is 0.240 e. The van der Waals surface area contributed by atoms with E-state index in [0.717, 1.165) is 10.7 Å². The van der Waals surface area contributed by atoms with E-state index in [1.54, 1.807) is 41.7 Å². The van der Waals surface area contributed by atoms with Crippen LogP contribution >= 0.6 is 11.3 Å². The third-order valence-electron chi connectivity index (χ3n) is 2.69. The van der Waals surface area contributed by atoms with Gasteiger partial charge in [-0.1, -0.05) is 39.0 Å². The van der Waals surface area contributed by atoms with Crippen LogP contribution in [0.25, 0.3) is 0 Å². The number of hydrogen-bond donors (Lipinski definition) is 1. The van der Waals surface area contributed by atoms with E-state index in [1.165, 1.54) is 0 Å². The zero-order valence-electron chi connectivity index (χ0n) is 11.8. The number of thiazole rings is 1. The third-order valence-corrected chi connectivity index (χ3v) is 5.42. The van der Waals surface area contributed by atoms with Crippen molar-refractivity contribution in [2.24, 2.45) is 0 Å². The Balaban J connectivity index is 2.08. The minimum atomic E-state index is -3.47. The quantitative estimate of drug-likeness (QED) is 0.944. The van der Waals surface area contributed by atoms with Gasteiger partial charge in [-0.05, 0) is 12.1 Å². The summed E-state index contributed by atoms with van der Waals surface area (Å²) in [4.78, 5) is 4.74. The molecule has 0 spiro atoms. The summed E-state index contributed by atoms with van der Waals surface area (Å²) in [7, 11) is -3.47. The van der Waals surface area contributed by atoms with Gasteiger partial charge in [0.1, 0.15) is 0 Å². The molecule has 0 saturated heterocycles. The van der Waals surface area contributed by atoms with Gasteiger partial charge in [-0.25, -0.2) is 18.1 Å². The molecule has 0 aliphatic rings. The van der Waals surface area contributed by atoms with Crippen molar-refractivity contribution < 1.29 is 8.42 Å². The molecular formula is C14H18N2O2S2. The Morgan fingerprint density at radius 1 is 1.20 bits per heavy atom. The summed E-state index contributed by atoms with van der Waals surface area (Å²) in [6, 6.07) is 8.34. The highest BCUT2D eigenvalue weighted by molar-refractivity contribution is 7.89. The zero-order chi connectivity index (χ0) is 14.8. The monoisotopic (exact) mass is 310 g/mol. The van der Waals surface area contributed by atoms with Crippen molar-refractivity contribution in [2.75, 3.05) is 0 Å². The van der Waals surface area contributed by atoms with E-state index in [1.807, 2.05) is 5.38 Å². The maximum absolute atomic E-state index is 12.1. The molecule has 1 aromatic heterocycles. The molecule has 0 aliphatic heterocycles. The molecule has 1 heterocycles. The first-order valence-electron chi connectivity index (χ1n) is 6.29. The van der Waals surface area contributed by atoms with Crippen LogP contribution in [0, 0.1) is 0 Å². The average Bonchev–Trinajstić information content (AvgIpc) is 2.86. The maximum atomic E-state index is 12.1. The van der Waals surface area contributed by atoms with Crippen LogP contribution in [0.2, 0.25) is 0 Å². The van der Waals surface area contributed by atoms with E-state index in [0.29, 0.717) is 0 Å². The van der Waals surface area contributed by atoms with Crippen molar-refractivity contribution in [1.82, 2.24) is 9.71 Å². The molecule has 1 aromatic carbocycles. The Morgan fingerprint density at radius 3 is 2.40 bits per heavy atom. The number of hydrogen-bond acceptors (Lipinski definition) is 4. The number of rotatable bonds is 4. The second kappa shape index (κ2) is 5.63. The van der Waals surface area contributed by atoms with Gasteiger partial charge < -0.3 is 0 Å². The summed E-state index contributed by atoms with van der Waals surface area (Å²) in [5.74, 6) is 0. The van der Waals surface area contributed by atoms with Gasteiger partial charge in [-0.15, -0.1) is 11.3 Å². The van der Waals surface area contributed by atoms with Crippen LogP contribution in [0.15, 0.2) is 40.6 Å². The largest absolute Gasteiger partial charge is 0.244 e. The predicted octanol–water partition coefficient (Wildman–Crippen LogP) is 2.92. The Bertz CT molecular complexity index is 671. The lowest BCUT2D eigenvalue weighted by atomic mass is 9.98. The van der Waals surface area contributed by atoms with Crippen LogP contribution in [0.1, 0.15) is 31.5 Å². The van der Waals surface area contributed by atoms with E-state index in [4.69, 9.17) is 0 Å². The second-order valence-corrected chi connectivity index (χ2v) is 8.16. The Hall–Kier alpha value is -1.24. The summed E-state index contributed by atoms with van der Waals surface area (Å²) in [5.41, 5.74) is 0.737. The van der Waals surface area contributed by atoms with Crippen LogP contribution in [-0.4, -0.2) is 13.4 Å². The van der Waals surface area contributed by atoms with E-state index >= 15 is 0 Å². The van der Waals surface area contributed by atoms with E-state index in [-0.39, 0.29) is 16.9 Å². The lowest BCUT2D eigenvalue weighted by Crippen LogP contribution is -2.23. The topological polar surface area (TPSA) is 59.1 Å². The number of sulfonamides is 1. The molecule has 1 N–H and O–H groups in total. The van der Waals surface area contributed by atoms with Gasteiger partial charge in [0.05, 0.1) is 22.1 Å². The summed E-state index contributed by atoms with van der Waals surface area (Å²) in [6.45, 7) is 6.47. The predicted molar refractivity (Wildman–Crippen MR) is 81.3 cm³/mol. The van der Waals surface area contributed by atoms with Crippen molar-refractivity contribution in [2.45, 2.75) is 37.6 Å². The highest BCUT2D eigenvalue weighted by Gasteiger charge is 2.19. The summed E-state index contributed by atoms with van der Waals surface area (Å²) in [5, 5.41) is 2.90. The number of nitrogens with zero attached hydrogens (tertiary/aromatic N) is 1. The van der Waals surface area contributed by atoms with Crippen LogP contribution in [0.3, 0.4) is 0 Å². The van der Waals surface area contributed by atoms with Crippen molar-refractivity contribution >= 4 is 21.4 Å². The van der Waals surface area contributed by atoms with E-state index < -0.39 is 10.0 Å². The molecule has 2 rings (SSSR count). The van der Waals surface area contributed by atoms with Gasteiger partial charge in [0.15, 0.2) is 0 Å². The number of nitrogens with one attached hydrogen (secondary N) is 1. The minimum absolute atomic E-state index is 0.0127. The average molecular weight is 310 g/mol. The first kappa shape index (κ1) is 15.2. The molecule has 0 saturated carbocycles. The van der Waals surface area contributed by atoms with Gasteiger partial charge in [0, 0.05) is 10.8 Å². The highest BCUT2D eigenvalue weighted by atomic mass is 32.2. The zero-order valence-corrected chi connectivity index (χ0v) is 13.4. The summed E-state index contributed by atoms with van der Waals surface area (Å²) < 4.78 is 26.7. The summed E-state index contributed by atoms with van der Waals surface area (Å²) in [6.07, 6.45) is 0. The normalized spacial score (nSPS) is 12.6. The van der Waals surface area contributed by atoms with Crippen LogP contribution in [0.4, 0.5) is 0 Å². The van der Waals surface area contributed by atoms with Crippen LogP contribution in [-0.2, 0) is 22.0 Å². The van der Waals surface area contributed by atoms with Crippen LogP contribution < -0.4 is 4.72 Å². The molecule has 0 amide bonds.